The van der Waals surface area contributed by atoms with Gasteiger partial charge in [-0.15, -0.1) is 0 Å². The topological polar surface area (TPSA) is 78.6 Å². The van der Waals surface area contributed by atoms with Crippen molar-refractivity contribution in [3.63, 3.8) is 0 Å². The Balaban J connectivity index is 2.27. The summed E-state index contributed by atoms with van der Waals surface area (Å²) >= 11 is 0. The smallest absolute Gasteiger partial charge is 0.261 e. The van der Waals surface area contributed by atoms with Crippen LogP contribution in [0, 0.1) is 13.8 Å². The van der Waals surface area contributed by atoms with E-state index in [9.17, 15) is 9.59 Å². The lowest BCUT2D eigenvalue weighted by Gasteiger charge is -2.22. The van der Waals surface area contributed by atoms with E-state index in [1.54, 1.807) is 6.07 Å². The van der Waals surface area contributed by atoms with Crippen LogP contribution in [0.25, 0.3) is 22.2 Å². The Kier molecular flexibility index (Phi) is 3.67. The van der Waals surface area contributed by atoms with Crippen LogP contribution < -0.4 is 11.0 Å². The van der Waals surface area contributed by atoms with Gasteiger partial charge in [-0.2, -0.15) is 0 Å². The molecule has 5 nitrogen and oxygen atoms in total. The van der Waals surface area contributed by atoms with Gasteiger partial charge in [-0.1, -0.05) is 20.8 Å². The molecule has 0 fully saturated rings. The van der Waals surface area contributed by atoms with Crippen molar-refractivity contribution < 1.29 is 0 Å². The van der Waals surface area contributed by atoms with Crippen LogP contribution in [0.2, 0.25) is 0 Å². The molecular weight excluding hydrogens is 302 g/mol. The predicted molar refractivity (Wildman–Crippen MR) is 96.6 cm³/mol. The lowest BCUT2D eigenvalue weighted by atomic mass is 9.87. The highest BCUT2D eigenvalue weighted by atomic mass is 16.1. The van der Waals surface area contributed by atoms with Crippen LogP contribution in [0.1, 0.15) is 37.7 Å². The highest BCUT2D eigenvalue weighted by molar-refractivity contribution is 5.80. The molecule has 0 atom stereocenters. The highest BCUT2D eigenvalue weighted by Gasteiger charge is 2.20. The van der Waals surface area contributed by atoms with E-state index in [1.165, 1.54) is 12.3 Å². The van der Waals surface area contributed by atoms with Gasteiger partial charge in [0.25, 0.3) is 5.56 Å². The fourth-order valence-corrected chi connectivity index (χ4v) is 3.09. The Labute approximate surface area is 139 Å². The van der Waals surface area contributed by atoms with Crippen molar-refractivity contribution in [2.45, 2.75) is 40.0 Å². The molecule has 3 rings (SSSR count). The minimum Gasteiger partial charge on any atom is -0.354 e. The lowest BCUT2D eigenvalue weighted by Crippen LogP contribution is -2.18. The third-order valence-electron chi connectivity index (χ3n) is 4.16. The maximum atomic E-state index is 12.4. The molecule has 3 heterocycles. The van der Waals surface area contributed by atoms with E-state index in [-0.39, 0.29) is 21.8 Å². The third-order valence-corrected chi connectivity index (χ3v) is 4.16. The second-order valence-electron chi connectivity index (χ2n) is 7.18. The lowest BCUT2D eigenvalue weighted by molar-refractivity contribution is 0.562. The first kappa shape index (κ1) is 16.2. The summed E-state index contributed by atoms with van der Waals surface area (Å²) in [6.07, 6.45) is 1.53. The van der Waals surface area contributed by atoms with Gasteiger partial charge in [0.1, 0.15) is 5.39 Å². The molecule has 24 heavy (non-hydrogen) atoms. The number of aromatic amines is 2. The number of nitrogens with zero attached hydrogens (tertiary/aromatic N) is 1. The molecule has 0 aromatic carbocycles. The number of fused-ring (bicyclic) bond motifs is 1. The van der Waals surface area contributed by atoms with Gasteiger partial charge in [-0.3, -0.25) is 14.6 Å². The van der Waals surface area contributed by atoms with Gasteiger partial charge in [-0.25, -0.2) is 0 Å². The van der Waals surface area contributed by atoms with Crippen molar-refractivity contribution in [2.75, 3.05) is 0 Å². The molecule has 3 aromatic heterocycles. The first-order chi connectivity index (χ1) is 11.2. The number of rotatable bonds is 1. The second kappa shape index (κ2) is 5.44. The van der Waals surface area contributed by atoms with Crippen LogP contribution in [0.5, 0.6) is 0 Å². The quantitative estimate of drug-likeness (QED) is 0.722. The number of hydrogen-bond donors (Lipinski definition) is 2. The molecule has 0 radical (unpaired) electrons. The molecule has 0 amide bonds. The molecule has 0 aliphatic heterocycles. The van der Waals surface area contributed by atoms with E-state index in [4.69, 9.17) is 4.98 Å². The van der Waals surface area contributed by atoms with Crippen LogP contribution in [0.3, 0.4) is 0 Å². The first-order valence-electron chi connectivity index (χ1n) is 7.92. The van der Waals surface area contributed by atoms with E-state index < -0.39 is 0 Å². The monoisotopic (exact) mass is 323 g/mol. The van der Waals surface area contributed by atoms with E-state index >= 15 is 0 Å². The Morgan fingerprint density at radius 3 is 2.46 bits per heavy atom. The minimum atomic E-state index is -0.380. The molecule has 124 valence electrons. The van der Waals surface area contributed by atoms with Gasteiger partial charge in [-0.05, 0) is 31.5 Å². The standard InChI is InChI=1S/C19H21N3O2/c1-10-8-12(11(2)21-17(10)19(3,4)5)14-9-15(23)16-13(22-14)6-7-20-18(16)24/h6-9H,1-5H3,(H,20,24)(H,22,23). The molecule has 0 spiro atoms. The van der Waals surface area contributed by atoms with Crippen molar-refractivity contribution in [3.05, 3.63) is 61.9 Å². The van der Waals surface area contributed by atoms with Gasteiger partial charge in [0.2, 0.25) is 0 Å². The van der Waals surface area contributed by atoms with E-state index in [0.29, 0.717) is 11.2 Å². The van der Waals surface area contributed by atoms with Gasteiger partial charge in [0.05, 0.1) is 11.2 Å². The van der Waals surface area contributed by atoms with Gasteiger partial charge >= 0.3 is 0 Å². The van der Waals surface area contributed by atoms with Crippen molar-refractivity contribution in [1.82, 2.24) is 15.0 Å². The molecule has 0 bridgehead atoms. The van der Waals surface area contributed by atoms with Crippen LogP contribution in [0.15, 0.2) is 34.0 Å². The Hall–Kier alpha value is -2.69. The molecule has 3 aromatic rings. The predicted octanol–water partition coefficient (Wildman–Crippen LogP) is 3.19. The number of nitrogens with one attached hydrogen (secondary N) is 2. The van der Waals surface area contributed by atoms with Gasteiger partial charge in [0.15, 0.2) is 5.43 Å². The van der Waals surface area contributed by atoms with Crippen LogP contribution >= 0.6 is 0 Å². The van der Waals surface area contributed by atoms with Crippen LogP contribution in [-0.2, 0) is 5.41 Å². The van der Waals surface area contributed by atoms with Gasteiger partial charge < -0.3 is 9.97 Å². The molecule has 5 heteroatoms. The zero-order valence-electron chi connectivity index (χ0n) is 14.6. The summed E-state index contributed by atoms with van der Waals surface area (Å²) in [6.45, 7) is 10.4. The number of aromatic nitrogens is 3. The maximum Gasteiger partial charge on any atom is 0.261 e. The number of hydrogen-bond acceptors (Lipinski definition) is 3. The summed E-state index contributed by atoms with van der Waals surface area (Å²) in [7, 11) is 0. The fourth-order valence-electron chi connectivity index (χ4n) is 3.09. The largest absolute Gasteiger partial charge is 0.354 e. The van der Waals surface area contributed by atoms with E-state index in [0.717, 1.165) is 22.5 Å². The molecule has 0 aliphatic carbocycles. The summed E-state index contributed by atoms with van der Waals surface area (Å²) in [5.74, 6) is 0. The normalized spacial score (nSPS) is 11.9. The highest BCUT2D eigenvalue weighted by Crippen LogP contribution is 2.29. The SMILES string of the molecule is Cc1cc(-c2cc(=O)c3c(=O)[nH]ccc3[nH]2)c(C)nc1C(C)(C)C. The summed E-state index contributed by atoms with van der Waals surface area (Å²) in [6, 6.07) is 5.21. The Morgan fingerprint density at radius 2 is 1.79 bits per heavy atom. The summed E-state index contributed by atoms with van der Waals surface area (Å²) in [5, 5.41) is 0.148. The van der Waals surface area contributed by atoms with Crippen molar-refractivity contribution >= 4 is 10.9 Å². The van der Waals surface area contributed by atoms with Crippen molar-refractivity contribution in [1.29, 1.82) is 0 Å². The third kappa shape index (κ3) is 2.66. The Bertz CT molecular complexity index is 1050. The summed E-state index contributed by atoms with van der Waals surface area (Å²) in [4.78, 5) is 34.7. The van der Waals surface area contributed by atoms with E-state index in [1.807, 2.05) is 19.9 Å². The zero-order chi connectivity index (χ0) is 17.6. The summed E-state index contributed by atoms with van der Waals surface area (Å²) in [5.41, 5.74) is 4.33. The second-order valence-corrected chi connectivity index (χ2v) is 7.18. The number of pyridine rings is 3. The average Bonchev–Trinajstić information content (AvgIpc) is 2.47. The average molecular weight is 323 g/mol. The van der Waals surface area contributed by atoms with Crippen molar-refractivity contribution in [3.8, 4) is 11.3 Å². The summed E-state index contributed by atoms with van der Waals surface area (Å²) < 4.78 is 0. The molecule has 0 aliphatic rings. The van der Waals surface area contributed by atoms with Gasteiger partial charge in [0, 0.05) is 34.6 Å². The molecular formula is C19H21N3O2. The van der Waals surface area contributed by atoms with Crippen LogP contribution in [0.4, 0.5) is 0 Å². The number of H-pyrrole nitrogens is 2. The first-order valence-corrected chi connectivity index (χ1v) is 7.92. The molecule has 2 N–H and O–H groups in total. The van der Waals surface area contributed by atoms with Crippen LogP contribution in [-0.4, -0.2) is 15.0 Å². The zero-order valence-corrected chi connectivity index (χ0v) is 14.6. The molecule has 0 saturated heterocycles. The Morgan fingerprint density at radius 1 is 1.08 bits per heavy atom. The van der Waals surface area contributed by atoms with E-state index in [2.05, 4.69) is 30.7 Å². The maximum absolute atomic E-state index is 12.4. The number of aryl methyl sites for hydroxylation is 2. The fraction of sp³-hybridized carbons (Fsp3) is 0.316. The molecule has 0 unspecified atom stereocenters. The van der Waals surface area contributed by atoms with Crippen molar-refractivity contribution in [2.24, 2.45) is 0 Å². The minimum absolute atomic E-state index is 0.0442. The molecule has 0 saturated carbocycles.